The third-order valence-electron chi connectivity index (χ3n) is 3.66. The smallest absolute Gasteiger partial charge is 0.312 e. The van der Waals surface area contributed by atoms with Crippen molar-refractivity contribution in [1.82, 2.24) is 20.7 Å². The molecule has 1 heterocycles. The van der Waals surface area contributed by atoms with E-state index in [9.17, 15) is 19.2 Å². The number of hydrazine groups is 1. The lowest BCUT2D eigenvalue weighted by molar-refractivity contribution is -0.130. The van der Waals surface area contributed by atoms with E-state index in [1.807, 2.05) is 13.8 Å². The van der Waals surface area contributed by atoms with E-state index in [1.165, 1.54) is 4.90 Å². The second-order valence-corrected chi connectivity index (χ2v) is 5.77. The van der Waals surface area contributed by atoms with Gasteiger partial charge in [-0.15, -0.1) is 0 Å². The predicted octanol–water partition coefficient (Wildman–Crippen LogP) is -1.18. The molecule has 0 spiro atoms. The van der Waals surface area contributed by atoms with Crippen molar-refractivity contribution < 1.29 is 19.2 Å². The van der Waals surface area contributed by atoms with E-state index < -0.39 is 18.0 Å². The molecule has 24 heavy (non-hydrogen) atoms. The largest absolute Gasteiger partial charge is 0.327 e. The summed E-state index contributed by atoms with van der Waals surface area (Å²) in [6.07, 6.45) is 0.0341. The molecule has 10 nitrogen and oxygen atoms in total. The number of hydrogen-bond acceptors (Lipinski definition) is 7. The quantitative estimate of drug-likeness (QED) is 0.198. The summed E-state index contributed by atoms with van der Waals surface area (Å²) in [4.78, 5) is 50.4. The first-order valence-electron chi connectivity index (χ1n) is 7.65. The normalized spacial score (nSPS) is 17.6. The number of carbonyl (C=O) groups excluding carboxylic acids is 4. The lowest BCUT2D eigenvalue weighted by Gasteiger charge is -2.24. The van der Waals surface area contributed by atoms with E-state index in [2.05, 4.69) is 22.7 Å². The van der Waals surface area contributed by atoms with Gasteiger partial charge < -0.3 is 4.90 Å². The maximum atomic E-state index is 12.5. The highest BCUT2D eigenvalue weighted by Gasteiger charge is 2.46. The summed E-state index contributed by atoms with van der Waals surface area (Å²) in [7, 11) is 0. The molecule has 0 bridgehead atoms. The first-order chi connectivity index (χ1) is 11.3. The van der Waals surface area contributed by atoms with Crippen molar-refractivity contribution in [3.05, 3.63) is 0 Å². The van der Waals surface area contributed by atoms with Crippen molar-refractivity contribution in [3.63, 3.8) is 0 Å². The average molecular weight is 340 g/mol. The molecule has 0 radical (unpaired) electrons. The Kier molecular flexibility index (Phi) is 7.46. The number of urea groups is 1. The topological polar surface area (TPSA) is 137 Å². The minimum Gasteiger partial charge on any atom is -0.312 e. The van der Waals surface area contributed by atoms with Gasteiger partial charge in [-0.1, -0.05) is 13.8 Å². The number of nitrogens with one attached hydrogen (secondary N) is 2. The summed E-state index contributed by atoms with van der Waals surface area (Å²) in [5.74, 6) is 4.02. The highest BCUT2D eigenvalue weighted by atomic mass is 16.2. The molecule has 1 aliphatic heterocycles. The molecule has 4 amide bonds. The third-order valence-corrected chi connectivity index (χ3v) is 3.66. The molecule has 1 unspecified atom stereocenters. The lowest BCUT2D eigenvalue weighted by Crippen LogP contribution is -2.41. The standard InChI is InChI=1S/C14H24N6O4/c1-9(2)12-13(23)20(7-5-11(22)18-16-3)14(24)19(12)6-4-10(21)8-17-15/h9,12,17H,3-8,15H2,1-2H3,(H,18,22). The summed E-state index contributed by atoms with van der Waals surface area (Å²) in [5, 5.41) is 3.24. The molecule has 134 valence electrons. The molecule has 1 rings (SSSR count). The number of nitrogens with two attached hydrogens (primary N) is 1. The van der Waals surface area contributed by atoms with Crippen LogP contribution in [0.3, 0.4) is 0 Å². The Morgan fingerprint density at radius 3 is 2.50 bits per heavy atom. The fourth-order valence-electron chi connectivity index (χ4n) is 2.55. The van der Waals surface area contributed by atoms with Crippen LogP contribution in [0.25, 0.3) is 0 Å². The second-order valence-electron chi connectivity index (χ2n) is 5.77. The molecule has 4 N–H and O–H groups in total. The molecule has 1 aliphatic rings. The minimum atomic E-state index is -0.642. The summed E-state index contributed by atoms with van der Waals surface area (Å²) in [5.41, 5.74) is 4.41. The van der Waals surface area contributed by atoms with Gasteiger partial charge in [0.15, 0.2) is 0 Å². The minimum absolute atomic E-state index is 0.000755. The highest BCUT2D eigenvalue weighted by molar-refractivity contribution is 6.04. The van der Waals surface area contributed by atoms with Crippen LogP contribution in [0.15, 0.2) is 5.10 Å². The molecular weight excluding hydrogens is 316 g/mol. The Bertz CT molecular complexity index is 521. The highest BCUT2D eigenvalue weighted by Crippen LogP contribution is 2.24. The fourth-order valence-corrected chi connectivity index (χ4v) is 2.55. The fraction of sp³-hybridized carbons (Fsp3) is 0.643. The molecule has 0 saturated carbocycles. The number of carbonyl (C=O) groups is 4. The van der Waals surface area contributed by atoms with E-state index in [0.29, 0.717) is 0 Å². The first kappa shape index (κ1) is 19.7. The molecule has 10 heteroatoms. The van der Waals surface area contributed by atoms with Crippen LogP contribution in [0.5, 0.6) is 0 Å². The van der Waals surface area contributed by atoms with Gasteiger partial charge in [-0.05, 0) is 5.92 Å². The van der Waals surface area contributed by atoms with Crippen molar-refractivity contribution >= 4 is 30.3 Å². The van der Waals surface area contributed by atoms with Crippen molar-refractivity contribution in [3.8, 4) is 0 Å². The van der Waals surface area contributed by atoms with E-state index >= 15 is 0 Å². The Labute approximate surface area is 140 Å². The van der Waals surface area contributed by atoms with Crippen LogP contribution in [-0.2, 0) is 14.4 Å². The van der Waals surface area contributed by atoms with Crippen LogP contribution in [0.1, 0.15) is 26.7 Å². The number of Topliss-reactive ketones (excluding diaryl/α,β-unsaturated/α-hetero) is 1. The van der Waals surface area contributed by atoms with Crippen molar-refractivity contribution in [2.45, 2.75) is 32.7 Å². The van der Waals surface area contributed by atoms with E-state index in [0.717, 1.165) is 4.90 Å². The van der Waals surface area contributed by atoms with Gasteiger partial charge in [-0.3, -0.25) is 30.6 Å². The van der Waals surface area contributed by atoms with Gasteiger partial charge in [-0.2, -0.15) is 5.10 Å². The second kappa shape index (κ2) is 9.08. The third kappa shape index (κ3) is 4.83. The summed E-state index contributed by atoms with van der Waals surface area (Å²) < 4.78 is 0. The molecule has 1 saturated heterocycles. The van der Waals surface area contributed by atoms with Gasteiger partial charge in [0.2, 0.25) is 5.91 Å². The summed E-state index contributed by atoms with van der Waals surface area (Å²) >= 11 is 0. The van der Waals surface area contributed by atoms with Crippen LogP contribution < -0.4 is 16.7 Å². The van der Waals surface area contributed by atoms with Crippen molar-refractivity contribution in [2.24, 2.45) is 16.9 Å². The Morgan fingerprint density at radius 2 is 1.96 bits per heavy atom. The van der Waals surface area contributed by atoms with Crippen LogP contribution in [0.4, 0.5) is 4.79 Å². The number of hydrazone groups is 1. The zero-order valence-corrected chi connectivity index (χ0v) is 13.9. The molecule has 0 aromatic carbocycles. The molecule has 0 aliphatic carbocycles. The van der Waals surface area contributed by atoms with Crippen LogP contribution in [0.2, 0.25) is 0 Å². The number of ketones is 1. The molecule has 1 atom stereocenters. The first-order valence-corrected chi connectivity index (χ1v) is 7.65. The molecule has 0 aromatic heterocycles. The molecule has 0 aromatic rings. The number of hydrogen-bond donors (Lipinski definition) is 3. The lowest BCUT2D eigenvalue weighted by atomic mass is 10.0. The SMILES string of the molecule is C=NNC(=O)CCN1C(=O)C(C(C)C)N(CCC(=O)CNN)C1=O. The number of nitrogens with zero attached hydrogens (tertiary/aromatic N) is 3. The van der Waals surface area contributed by atoms with Crippen LogP contribution >= 0.6 is 0 Å². The number of rotatable bonds is 10. The maximum Gasteiger partial charge on any atom is 0.327 e. The van der Waals surface area contributed by atoms with Crippen LogP contribution in [0, 0.1) is 5.92 Å². The zero-order valence-electron chi connectivity index (χ0n) is 13.9. The van der Waals surface area contributed by atoms with Crippen molar-refractivity contribution in [2.75, 3.05) is 19.6 Å². The van der Waals surface area contributed by atoms with E-state index in [-0.39, 0.29) is 50.1 Å². The predicted molar refractivity (Wildman–Crippen MR) is 86.6 cm³/mol. The van der Waals surface area contributed by atoms with Gasteiger partial charge >= 0.3 is 6.03 Å². The van der Waals surface area contributed by atoms with Gasteiger partial charge in [0, 0.05) is 32.6 Å². The Balaban J connectivity index is 2.77. The average Bonchev–Trinajstić information content (AvgIpc) is 2.74. The molecular formula is C14H24N6O4. The van der Waals surface area contributed by atoms with Gasteiger partial charge in [0.25, 0.3) is 5.91 Å². The number of amides is 4. The Morgan fingerprint density at radius 1 is 1.29 bits per heavy atom. The summed E-state index contributed by atoms with van der Waals surface area (Å²) in [6, 6.07) is -1.14. The molecule has 1 fully saturated rings. The van der Waals surface area contributed by atoms with Crippen molar-refractivity contribution in [1.29, 1.82) is 0 Å². The number of imide groups is 1. The van der Waals surface area contributed by atoms with E-state index in [4.69, 9.17) is 5.84 Å². The van der Waals surface area contributed by atoms with Gasteiger partial charge in [0.1, 0.15) is 11.8 Å². The summed E-state index contributed by atoms with van der Waals surface area (Å²) in [6.45, 7) is 6.86. The Hall–Kier alpha value is -2.33. The van der Waals surface area contributed by atoms with E-state index in [1.54, 1.807) is 0 Å². The maximum absolute atomic E-state index is 12.5. The van der Waals surface area contributed by atoms with Crippen LogP contribution in [-0.4, -0.2) is 65.8 Å². The van der Waals surface area contributed by atoms with Gasteiger partial charge in [-0.25, -0.2) is 10.2 Å². The van der Waals surface area contributed by atoms with Gasteiger partial charge in [0.05, 0.1) is 6.54 Å². The zero-order chi connectivity index (χ0) is 18.3. The monoisotopic (exact) mass is 340 g/mol.